The van der Waals surface area contributed by atoms with Crippen LogP contribution in [0.15, 0.2) is 0 Å². The van der Waals surface area contributed by atoms with Gasteiger partial charge >= 0.3 is 0 Å². The first-order valence-electron chi connectivity index (χ1n) is 5.20. The molecule has 0 radical (unpaired) electrons. The number of nitrogens with one attached hydrogen (secondary N) is 1. The largest absolute Gasteiger partial charge is 0.355 e. The molecule has 0 spiro atoms. The Hall–Kier alpha value is -0.570. The summed E-state index contributed by atoms with van der Waals surface area (Å²) in [6, 6.07) is 0.607. The topological polar surface area (TPSA) is 32.3 Å². The summed E-state index contributed by atoms with van der Waals surface area (Å²) in [4.78, 5) is 13.9. The third-order valence-electron chi connectivity index (χ3n) is 2.61. The van der Waals surface area contributed by atoms with Crippen LogP contribution >= 0.6 is 0 Å². The fourth-order valence-corrected chi connectivity index (χ4v) is 1.98. The molecule has 0 bridgehead atoms. The summed E-state index contributed by atoms with van der Waals surface area (Å²) >= 11 is 0. The van der Waals surface area contributed by atoms with Crippen molar-refractivity contribution >= 4 is 5.91 Å². The second-order valence-corrected chi connectivity index (χ2v) is 3.88. The van der Waals surface area contributed by atoms with Crippen molar-refractivity contribution in [2.45, 2.75) is 45.7 Å². The number of carbonyl (C=O) groups excluding carboxylic acids is 1. The van der Waals surface area contributed by atoms with Crippen LogP contribution in [0.4, 0.5) is 0 Å². The number of hydrogen-bond donors (Lipinski definition) is 1. The van der Waals surface area contributed by atoms with Gasteiger partial charge in [0.2, 0.25) is 5.91 Å². The van der Waals surface area contributed by atoms with E-state index in [4.69, 9.17) is 0 Å². The fraction of sp³-hybridized carbons (Fsp3) is 0.900. The van der Waals surface area contributed by atoms with Gasteiger partial charge in [-0.05, 0) is 40.2 Å². The highest BCUT2D eigenvalue weighted by atomic mass is 16.2. The van der Waals surface area contributed by atoms with Gasteiger partial charge in [-0.3, -0.25) is 9.69 Å². The monoisotopic (exact) mass is 189 g/mol. The quantitative estimate of drug-likeness (QED) is 0.672. The van der Waals surface area contributed by atoms with Crippen molar-refractivity contribution in [1.82, 2.24) is 10.2 Å². The van der Waals surface area contributed by atoms with E-state index < -0.39 is 0 Å². The molecule has 1 atom stereocenters. The Morgan fingerprint density at radius 3 is 2.85 bits per heavy atom. The summed E-state index contributed by atoms with van der Waals surface area (Å²) in [5.41, 5.74) is 0. The van der Waals surface area contributed by atoms with Crippen molar-refractivity contribution in [1.29, 1.82) is 0 Å². The summed E-state index contributed by atoms with van der Waals surface area (Å²) in [7, 11) is 0. The molecular formula is C10H20N2O. The molecule has 1 N–H and O–H groups in total. The van der Waals surface area contributed by atoms with Gasteiger partial charge in [0, 0.05) is 12.6 Å². The first-order valence-corrected chi connectivity index (χ1v) is 5.20. The van der Waals surface area contributed by atoms with Gasteiger partial charge in [0.05, 0.1) is 6.04 Å². The lowest BCUT2D eigenvalue weighted by Crippen LogP contribution is -2.45. The van der Waals surface area contributed by atoms with E-state index in [1.807, 2.05) is 6.92 Å². The molecular weight excluding hydrogens is 169 g/mol. The zero-order valence-corrected chi connectivity index (χ0v) is 8.84. The Kier molecular flexibility index (Phi) is 3.72. The van der Waals surface area contributed by atoms with Gasteiger partial charge in [0.25, 0.3) is 0 Å². The first kappa shape index (κ1) is 10.5. The molecule has 0 aromatic heterocycles. The van der Waals surface area contributed by atoms with E-state index in [0.717, 1.165) is 25.9 Å². The summed E-state index contributed by atoms with van der Waals surface area (Å²) < 4.78 is 0. The molecule has 1 rings (SSSR count). The molecule has 1 fully saturated rings. The van der Waals surface area contributed by atoms with Crippen LogP contribution < -0.4 is 5.32 Å². The number of likely N-dealkylation sites (N-methyl/N-ethyl adjacent to an activating group) is 1. The number of hydrogen-bond acceptors (Lipinski definition) is 2. The van der Waals surface area contributed by atoms with Crippen LogP contribution in [0.3, 0.4) is 0 Å². The average Bonchev–Trinajstić information content (AvgIpc) is 2.52. The van der Waals surface area contributed by atoms with Gasteiger partial charge in [0.1, 0.15) is 0 Å². The molecule has 76 valence electrons. The third kappa shape index (κ3) is 2.44. The lowest BCUT2D eigenvalue weighted by Gasteiger charge is -2.27. The van der Waals surface area contributed by atoms with Crippen LogP contribution in [0.25, 0.3) is 0 Å². The predicted octanol–water partition coefficient (Wildman–Crippen LogP) is 0.995. The lowest BCUT2D eigenvalue weighted by molar-refractivity contribution is -0.125. The maximum Gasteiger partial charge on any atom is 0.237 e. The number of carbonyl (C=O) groups is 1. The van der Waals surface area contributed by atoms with E-state index in [1.165, 1.54) is 0 Å². The van der Waals surface area contributed by atoms with Crippen molar-refractivity contribution in [2.24, 2.45) is 0 Å². The molecule has 3 heteroatoms. The van der Waals surface area contributed by atoms with Crippen LogP contribution in [0, 0.1) is 0 Å². The molecule has 0 aliphatic carbocycles. The van der Waals surface area contributed by atoms with Crippen LogP contribution in [0.2, 0.25) is 0 Å². The Labute approximate surface area is 80.5 Å². The second-order valence-electron chi connectivity index (χ2n) is 3.88. The third-order valence-corrected chi connectivity index (χ3v) is 2.61. The van der Waals surface area contributed by atoms with E-state index >= 15 is 0 Å². The Morgan fingerprint density at radius 2 is 2.31 bits per heavy atom. The molecule has 1 heterocycles. The molecule has 1 saturated heterocycles. The van der Waals surface area contributed by atoms with Gasteiger partial charge in [-0.2, -0.15) is 0 Å². The maximum atomic E-state index is 11.6. The minimum absolute atomic E-state index is 0.125. The van der Waals surface area contributed by atoms with Crippen molar-refractivity contribution in [3.05, 3.63) is 0 Å². The zero-order valence-electron chi connectivity index (χ0n) is 8.84. The standard InChI is InChI=1S/C10H20N2O/c1-4-11-10(13)9-6-5-7-12(9)8(2)3/h8-9H,4-7H2,1-3H3,(H,11,13)/i1+1,5+1,6+1,7+1,9+1. The first-order chi connectivity index (χ1) is 6.16. The van der Waals surface area contributed by atoms with E-state index in [9.17, 15) is 4.79 Å². The van der Waals surface area contributed by atoms with Gasteiger partial charge in [-0.1, -0.05) is 0 Å². The lowest BCUT2D eigenvalue weighted by atomic mass is 10.4. The summed E-state index contributed by atoms with van der Waals surface area (Å²) in [5.74, 6) is 0.203. The molecule has 1 aliphatic rings. The summed E-state index contributed by atoms with van der Waals surface area (Å²) in [5, 5.41) is 2.89. The average molecular weight is 189 g/mol. The number of nitrogens with zero attached hydrogens (tertiary/aromatic N) is 1. The highest BCUT2D eigenvalue weighted by Gasteiger charge is 2.31. The molecule has 1 unspecified atom stereocenters. The van der Waals surface area contributed by atoms with E-state index in [-0.39, 0.29) is 11.9 Å². The number of likely N-dealkylation sites (tertiary alicyclic amines) is 1. The Bertz CT molecular complexity index is 180. The van der Waals surface area contributed by atoms with Gasteiger partial charge in [-0.15, -0.1) is 0 Å². The van der Waals surface area contributed by atoms with Crippen molar-refractivity contribution in [2.75, 3.05) is 13.1 Å². The molecule has 3 nitrogen and oxygen atoms in total. The molecule has 0 aromatic rings. The summed E-state index contributed by atoms with van der Waals surface area (Å²) in [6.45, 7) is 8.07. The minimum atomic E-state index is 0.125. The van der Waals surface area contributed by atoms with Crippen LogP contribution in [-0.4, -0.2) is 36.0 Å². The summed E-state index contributed by atoms with van der Waals surface area (Å²) in [6.07, 6.45) is 2.17. The fourth-order valence-electron chi connectivity index (χ4n) is 1.98. The van der Waals surface area contributed by atoms with E-state index in [2.05, 4.69) is 24.1 Å². The van der Waals surface area contributed by atoms with Crippen LogP contribution in [0.1, 0.15) is 33.6 Å². The molecule has 0 aromatic carbocycles. The molecule has 1 amide bonds. The molecule has 13 heavy (non-hydrogen) atoms. The van der Waals surface area contributed by atoms with Gasteiger partial charge in [0.15, 0.2) is 0 Å². The van der Waals surface area contributed by atoms with Crippen molar-refractivity contribution in [3.8, 4) is 0 Å². The molecule has 1 aliphatic heterocycles. The maximum absolute atomic E-state index is 11.6. The van der Waals surface area contributed by atoms with Crippen LogP contribution in [-0.2, 0) is 4.79 Å². The normalized spacial score (nSPS) is 23.8. The smallest absolute Gasteiger partial charge is 0.237 e. The predicted molar refractivity (Wildman–Crippen MR) is 53.5 cm³/mol. The van der Waals surface area contributed by atoms with E-state index in [0.29, 0.717) is 6.04 Å². The highest BCUT2D eigenvalue weighted by molar-refractivity contribution is 5.82. The molecule has 0 saturated carbocycles. The van der Waals surface area contributed by atoms with Crippen molar-refractivity contribution in [3.63, 3.8) is 0 Å². The van der Waals surface area contributed by atoms with Gasteiger partial charge in [-0.25, -0.2) is 0 Å². The highest BCUT2D eigenvalue weighted by Crippen LogP contribution is 2.19. The zero-order chi connectivity index (χ0) is 9.84. The van der Waals surface area contributed by atoms with Gasteiger partial charge < -0.3 is 5.32 Å². The minimum Gasteiger partial charge on any atom is -0.355 e. The number of rotatable bonds is 3. The Morgan fingerprint density at radius 1 is 1.62 bits per heavy atom. The van der Waals surface area contributed by atoms with E-state index in [1.54, 1.807) is 0 Å². The SMILES string of the molecule is CC(C)N1[13CH2][13CH2][13CH2][13CH]1C(=O)NC[13CH3]. The second kappa shape index (κ2) is 4.61. The Balaban J connectivity index is 2.52. The number of amides is 1. The van der Waals surface area contributed by atoms with Crippen LogP contribution in [0.5, 0.6) is 0 Å². The van der Waals surface area contributed by atoms with Crippen molar-refractivity contribution < 1.29 is 4.79 Å².